The molecule has 0 saturated carbocycles. The molecule has 1 aliphatic heterocycles. The van der Waals surface area contributed by atoms with E-state index in [-0.39, 0.29) is 0 Å². The summed E-state index contributed by atoms with van der Waals surface area (Å²) in [7, 11) is 2.20. The fourth-order valence-electron chi connectivity index (χ4n) is 3.12. The van der Waals surface area contributed by atoms with Crippen molar-refractivity contribution in [2.45, 2.75) is 37.7 Å². The lowest BCUT2D eigenvalue weighted by atomic mass is 9.98. The van der Waals surface area contributed by atoms with Gasteiger partial charge in [0.2, 0.25) is 0 Å². The zero-order chi connectivity index (χ0) is 14.3. The Labute approximate surface area is 133 Å². The highest BCUT2D eigenvalue weighted by Gasteiger charge is 2.26. The molecule has 3 rings (SSSR count). The molecule has 1 aliphatic rings. The summed E-state index contributed by atoms with van der Waals surface area (Å²) in [6.07, 6.45) is 2.31. The molecule has 1 saturated heterocycles. The number of halogens is 2. The van der Waals surface area contributed by atoms with Crippen LogP contribution in [0.1, 0.15) is 31.6 Å². The van der Waals surface area contributed by atoms with Crippen molar-refractivity contribution in [2.24, 2.45) is 0 Å². The molecular formula is C15H19BrClN3. The highest BCUT2D eigenvalue weighted by Crippen LogP contribution is 2.32. The second kappa shape index (κ2) is 5.66. The van der Waals surface area contributed by atoms with E-state index in [4.69, 9.17) is 16.6 Å². The van der Waals surface area contributed by atoms with E-state index in [1.807, 2.05) is 0 Å². The zero-order valence-corrected chi connectivity index (χ0v) is 14.2. The number of piperidine rings is 1. The van der Waals surface area contributed by atoms with Gasteiger partial charge in [-0.3, -0.25) is 0 Å². The summed E-state index contributed by atoms with van der Waals surface area (Å²) in [4.78, 5) is 7.12. The maximum atomic E-state index is 6.12. The largest absolute Gasteiger partial charge is 0.324 e. The van der Waals surface area contributed by atoms with Gasteiger partial charge in [0.05, 0.1) is 16.9 Å². The lowest BCUT2D eigenvalue weighted by Gasteiger charge is -2.36. The van der Waals surface area contributed by atoms with E-state index in [0.717, 1.165) is 35.2 Å². The molecule has 108 valence electrons. The van der Waals surface area contributed by atoms with Crippen LogP contribution in [0.5, 0.6) is 0 Å². The number of aromatic nitrogens is 2. The van der Waals surface area contributed by atoms with E-state index in [1.165, 1.54) is 5.52 Å². The number of hydrogen-bond acceptors (Lipinski definition) is 2. The molecular weight excluding hydrogens is 338 g/mol. The molecule has 1 fully saturated rings. The first kappa shape index (κ1) is 14.4. The smallest absolute Gasteiger partial charge is 0.125 e. The van der Waals surface area contributed by atoms with Crippen LogP contribution in [-0.4, -0.2) is 34.1 Å². The molecule has 0 aliphatic carbocycles. The van der Waals surface area contributed by atoms with Gasteiger partial charge in [0.15, 0.2) is 0 Å². The molecule has 0 spiro atoms. The number of likely N-dealkylation sites (tertiary alicyclic amines) is 1. The molecule has 20 heavy (non-hydrogen) atoms. The Hall–Kier alpha value is -0.580. The van der Waals surface area contributed by atoms with E-state index in [2.05, 4.69) is 57.6 Å². The van der Waals surface area contributed by atoms with Crippen LogP contribution in [-0.2, 0) is 5.88 Å². The molecule has 2 atom stereocenters. The van der Waals surface area contributed by atoms with Crippen LogP contribution in [0.3, 0.4) is 0 Å². The number of alkyl halides is 1. The van der Waals surface area contributed by atoms with Crippen molar-refractivity contribution >= 4 is 38.6 Å². The topological polar surface area (TPSA) is 21.1 Å². The fraction of sp³-hybridized carbons (Fsp3) is 0.533. The summed E-state index contributed by atoms with van der Waals surface area (Å²) in [6.45, 7) is 3.42. The van der Waals surface area contributed by atoms with Gasteiger partial charge in [-0.05, 0) is 45.0 Å². The third-order valence-corrected chi connectivity index (χ3v) is 5.12. The standard InChI is InChI=1S/C15H19BrClN3/c1-10-7-12(5-6-19(10)2)20-14-4-3-11(16)8-13(14)18-15(20)9-17/h3-4,8,10,12H,5-7,9H2,1-2H3. The van der Waals surface area contributed by atoms with Crippen molar-refractivity contribution in [3.63, 3.8) is 0 Å². The minimum atomic E-state index is 0.465. The monoisotopic (exact) mass is 355 g/mol. The molecule has 3 nitrogen and oxygen atoms in total. The number of fused-ring (bicyclic) bond motifs is 1. The molecule has 0 bridgehead atoms. The van der Waals surface area contributed by atoms with Crippen LogP contribution in [0.25, 0.3) is 11.0 Å². The average Bonchev–Trinajstić information content (AvgIpc) is 2.79. The Morgan fingerprint density at radius 2 is 2.25 bits per heavy atom. The quantitative estimate of drug-likeness (QED) is 0.752. The minimum Gasteiger partial charge on any atom is -0.324 e. The van der Waals surface area contributed by atoms with Gasteiger partial charge in [0, 0.05) is 23.1 Å². The van der Waals surface area contributed by atoms with Crippen molar-refractivity contribution in [1.29, 1.82) is 0 Å². The number of imidazole rings is 1. The first-order valence-electron chi connectivity index (χ1n) is 7.02. The summed E-state index contributed by atoms with van der Waals surface area (Å²) in [5, 5.41) is 0. The van der Waals surface area contributed by atoms with E-state index in [0.29, 0.717) is 18.0 Å². The summed E-state index contributed by atoms with van der Waals surface area (Å²) in [5.41, 5.74) is 2.23. The number of nitrogens with zero attached hydrogens (tertiary/aromatic N) is 3. The third kappa shape index (κ3) is 2.49. The zero-order valence-electron chi connectivity index (χ0n) is 11.8. The third-order valence-electron chi connectivity index (χ3n) is 4.39. The summed E-state index contributed by atoms with van der Waals surface area (Å²) in [5.74, 6) is 1.45. The van der Waals surface area contributed by atoms with Gasteiger partial charge in [-0.25, -0.2) is 4.98 Å². The second-order valence-corrected chi connectivity index (χ2v) is 6.86. The van der Waals surface area contributed by atoms with Crippen LogP contribution >= 0.6 is 27.5 Å². The lowest BCUT2D eigenvalue weighted by Crippen LogP contribution is -2.38. The molecule has 2 unspecified atom stereocenters. The van der Waals surface area contributed by atoms with Crippen molar-refractivity contribution in [3.8, 4) is 0 Å². The maximum absolute atomic E-state index is 6.12. The van der Waals surface area contributed by atoms with Gasteiger partial charge in [-0.1, -0.05) is 15.9 Å². The van der Waals surface area contributed by atoms with Crippen molar-refractivity contribution in [1.82, 2.24) is 14.5 Å². The minimum absolute atomic E-state index is 0.465. The Morgan fingerprint density at radius 1 is 1.45 bits per heavy atom. The van der Waals surface area contributed by atoms with E-state index < -0.39 is 0 Å². The number of rotatable bonds is 2. The van der Waals surface area contributed by atoms with E-state index in [1.54, 1.807) is 0 Å². The highest BCUT2D eigenvalue weighted by atomic mass is 79.9. The predicted octanol–water partition coefficient (Wildman–Crippen LogP) is 4.19. The van der Waals surface area contributed by atoms with Gasteiger partial charge in [0.1, 0.15) is 5.82 Å². The van der Waals surface area contributed by atoms with Gasteiger partial charge in [-0.15, -0.1) is 11.6 Å². The second-order valence-electron chi connectivity index (χ2n) is 5.67. The van der Waals surface area contributed by atoms with E-state index >= 15 is 0 Å². The Morgan fingerprint density at radius 3 is 2.95 bits per heavy atom. The first-order valence-corrected chi connectivity index (χ1v) is 8.35. The number of hydrogen-bond donors (Lipinski definition) is 0. The van der Waals surface area contributed by atoms with Crippen LogP contribution in [0.15, 0.2) is 22.7 Å². The average molecular weight is 357 g/mol. The Balaban J connectivity index is 2.05. The maximum Gasteiger partial charge on any atom is 0.125 e. The van der Waals surface area contributed by atoms with Crippen LogP contribution in [0, 0.1) is 0 Å². The summed E-state index contributed by atoms with van der Waals surface area (Å²) < 4.78 is 3.42. The molecule has 5 heteroatoms. The SMILES string of the molecule is CC1CC(n2c(CCl)nc3cc(Br)ccc32)CCN1C. The lowest BCUT2D eigenvalue weighted by molar-refractivity contribution is 0.157. The molecule has 0 N–H and O–H groups in total. The van der Waals surface area contributed by atoms with Crippen molar-refractivity contribution in [2.75, 3.05) is 13.6 Å². The normalized spacial score (nSPS) is 24.4. The first-order chi connectivity index (χ1) is 9.60. The molecule has 2 aromatic rings. The van der Waals surface area contributed by atoms with Crippen LogP contribution in [0.4, 0.5) is 0 Å². The highest BCUT2D eigenvalue weighted by molar-refractivity contribution is 9.10. The van der Waals surface area contributed by atoms with Crippen molar-refractivity contribution < 1.29 is 0 Å². The van der Waals surface area contributed by atoms with Crippen LogP contribution in [0.2, 0.25) is 0 Å². The molecule has 1 aromatic heterocycles. The van der Waals surface area contributed by atoms with Crippen molar-refractivity contribution in [3.05, 3.63) is 28.5 Å². The summed E-state index contributed by atoms with van der Waals surface area (Å²) >= 11 is 9.63. The van der Waals surface area contributed by atoms with Gasteiger partial charge < -0.3 is 9.47 Å². The van der Waals surface area contributed by atoms with Gasteiger partial charge in [-0.2, -0.15) is 0 Å². The van der Waals surface area contributed by atoms with Gasteiger partial charge in [0.25, 0.3) is 0 Å². The Kier molecular flexibility index (Phi) is 4.07. The fourth-order valence-corrected chi connectivity index (χ4v) is 3.66. The number of benzene rings is 1. The molecule has 2 heterocycles. The molecule has 0 amide bonds. The van der Waals surface area contributed by atoms with E-state index in [9.17, 15) is 0 Å². The Bertz CT molecular complexity index is 625. The van der Waals surface area contributed by atoms with Gasteiger partial charge >= 0.3 is 0 Å². The molecule has 1 aromatic carbocycles. The van der Waals surface area contributed by atoms with Crippen LogP contribution < -0.4 is 0 Å². The predicted molar refractivity (Wildman–Crippen MR) is 87.4 cm³/mol. The molecule has 0 radical (unpaired) electrons. The summed E-state index contributed by atoms with van der Waals surface area (Å²) in [6, 6.07) is 7.40.